The van der Waals surface area contributed by atoms with Crippen LogP contribution in [-0.2, 0) is 19.3 Å². The van der Waals surface area contributed by atoms with Crippen molar-refractivity contribution in [2.24, 2.45) is 27.1 Å². The summed E-state index contributed by atoms with van der Waals surface area (Å²) < 4.78 is 5.17. The van der Waals surface area contributed by atoms with Crippen LogP contribution >= 0.6 is 0 Å². The standard InChI is InChI=1S/C25H31N5O2/c1-25(23(27-2)13-15-26)14-16-28-17-21(25)9-11-22(31)10-7-19-3-5-20(6-4-19)8-12-24-30-29-18-32-24/h3-6,9,11,13-18,21-22,31H,7-8,10,12,26H2,1-2H3/b11-9+,15-13?,27-23?/t21?,22?,25-/m0/s1. The van der Waals surface area contributed by atoms with Gasteiger partial charge in [-0.3, -0.25) is 9.98 Å². The number of hydrogen-bond donors (Lipinski definition) is 2. The first-order valence-corrected chi connectivity index (χ1v) is 10.8. The van der Waals surface area contributed by atoms with Crippen molar-refractivity contribution >= 4 is 11.9 Å². The summed E-state index contributed by atoms with van der Waals surface area (Å²) in [6.07, 6.45) is 16.7. The summed E-state index contributed by atoms with van der Waals surface area (Å²) in [5, 5.41) is 18.1. The van der Waals surface area contributed by atoms with Gasteiger partial charge in [0.2, 0.25) is 12.3 Å². The van der Waals surface area contributed by atoms with Crippen LogP contribution in [0, 0.1) is 11.3 Å². The van der Waals surface area contributed by atoms with Crippen molar-refractivity contribution in [3.8, 4) is 0 Å². The molecule has 0 amide bonds. The quantitative estimate of drug-likeness (QED) is 0.440. The Balaban J connectivity index is 1.53. The Labute approximate surface area is 189 Å². The Morgan fingerprint density at radius 1 is 1.25 bits per heavy atom. The maximum atomic E-state index is 10.5. The largest absolute Gasteiger partial charge is 0.428 e. The van der Waals surface area contributed by atoms with Gasteiger partial charge in [0, 0.05) is 42.9 Å². The lowest BCUT2D eigenvalue weighted by Crippen LogP contribution is -2.35. The number of aromatic nitrogens is 2. The molecule has 0 aliphatic carbocycles. The van der Waals surface area contributed by atoms with E-state index in [4.69, 9.17) is 10.2 Å². The third-order valence-electron chi connectivity index (χ3n) is 5.82. The Bertz CT molecular complexity index is 990. The molecule has 3 rings (SSSR count). The predicted molar refractivity (Wildman–Crippen MR) is 128 cm³/mol. The van der Waals surface area contributed by atoms with Gasteiger partial charge in [0.05, 0.1) is 6.10 Å². The van der Waals surface area contributed by atoms with E-state index >= 15 is 0 Å². The molecule has 2 heterocycles. The number of nitrogens with zero attached hydrogens (tertiary/aromatic N) is 4. The van der Waals surface area contributed by atoms with Crippen molar-refractivity contribution in [2.75, 3.05) is 7.05 Å². The minimum atomic E-state index is -0.539. The van der Waals surface area contributed by atoms with E-state index in [0.29, 0.717) is 12.3 Å². The van der Waals surface area contributed by atoms with Crippen molar-refractivity contribution in [2.45, 2.75) is 38.7 Å². The van der Waals surface area contributed by atoms with Gasteiger partial charge in [-0.15, -0.1) is 10.2 Å². The molecule has 1 aromatic carbocycles. The molecule has 1 aromatic heterocycles. The highest BCUT2D eigenvalue weighted by molar-refractivity contribution is 6.03. The number of benzene rings is 1. The Hall–Kier alpha value is -3.32. The number of aliphatic imine (C=N–C) groups is 2. The van der Waals surface area contributed by atoms with E-state index in [9.17, 15) is 5.11 Å². The number of aliphatic hydroxyl groups is 1. The number of hydrogen-bond acceptors (Lipinski definition) is 7. The van der Waals surface area contributed by atoms with Crippen LogP contribution in [0.1, 0.15) is 30.4 Å². The maximum Gasteiger partial charge on any atom is 0.216 e. The third kappa shape index (κ3) is 6.11. The average molecular weight is 434 g/mol. The van der Waals surface area contributed by atoms with Gasteiger partial charge >= 0.3 is 0 Å². The van der Waals surface area contributed by atoms with E-state index in [1.165, 1.54) is 23.7 Å². The number of aliphatic hydroxyl groups excluding tert-OH is 1. The van der Waals surface area contributed by atoms with Crippen LogP contribution < -0.4 is 5.73 Å². The highest BCUT2D eigenvalue weighted by Crippen LogP contribution is 2.34. The monoisotopic (exact) mass is 433 g/mol. The normalized spacial score (nSPS) is 22.2. The number of aryl methyl sites for hydroxylation is 3. The van der Waals surface area contributed by atoms with Gasteiger partial charge in [-0.1, -0.05) is 42.5 Å². The molecular weight excluding hydrogens is 402 g/mol. The van der Waals surface area contributed by atoms with E-state index in [1.54, 1.807) is 13.2 Å². The van der Waals surface area contributed by atoms with E-state index in [-0.39, 0.29) is 11.3 Å². The lowest BCUT2D eigenvalue weighted by molar-refractivity contribution is 0.212. The second-order valence-electron chi connectivity index (χ2n) is 8.03. The molecule has 0 fully saturated rings. The van der Waals surface area contributed by atoms with Crippen LogP contribution in [0.5, 0.6) is 0 Å². The fourth-order valence-electron chi connectivity index (χ4n) is 3.79. The van der Waals surface area contributed by atoms with Crippen LogP contribution in [0.15, 0.2) is 81.8 Å². The summed E-state index contributed by atoms with van der Waals surface area (Å²) >= 11 is 0. The lowest BCUT2D eigenvalue weighted by atomic mass is 9.72. The highest BCUT2D eigenvalue weighted by atomic mass is 16.4. The zero-order chi connectivity index (χ0) is 22.8. The Morgan fingerprint density at radius 2 is 2.00 bits per heavy atom. The van der Waals surface area contributed by atoms with Crippen molar-refractivity contribution in [1.29, 1.82) is 0 Å². The molecule has 1 aliphatic rings. The molecular formula is C25H31N5O2. The van der Waals surface area contributed by atoms with Crippen LogP contribution in [-0.4, -0.2) is 40.4 Å². The van der Waals surface area contributed by atoms with Crippen molar-refractivity contribution in [3.63, 3.8) is 0 Å². The summed E-state index contributed by atoms with van der Waals surface area (Å²) in [6.45, 7) is 2.10. The molecule has 2 unspecified atom stereocenters. The lowest BCUT2D eigenvalue weighted by Gasteiger charge is -2.33. The molecule has 32 heavy (non-hydrogen) atoms. The summed E-state index contributed by atoms with van der Waals surface area (Å²) in [5.41, 5.74) is 8.51. The zero-order valence-corrected chi connectivity index (χ0v) is 18.6. The molecule has 1 aliphatic heterocycles. The molecule has 3 atom stereocenters. The van der Waals surface area contributed by atoms with Gasteiger partial charge in [-0.05, 0) is 49.6 Å². The van der Waals surface area contributed by atoms with Crippen molar-refractivity contribution in [1.82, 2.24) is 10.2 Å². The first-order chi connectivity index (χ1) is 15.5. The number of allylic oxidation sites excluding steroid dienone is 3. The zero-order valence-electron chi connectivity index (χ0n) is 18.6. The molecule has 7 heteroatoms. The first-order valence-electron chi connectivity index (χ1n) is 10.8. The van der Waals surface area contributed by atoms with Gasteiger partial charge in [-0.2, -0.15) is 0 Å². The second kappa shape index (κ2) is 11.3. The molecule has 2 aromatic rings. The minimum Gasteiger partial charge on any atom is -0.428 e. The van der Waals surface area contributed by atoms with Gasteiger partial charge in [-0.25, -0.2) is 0 Å². The highest BCUT2D eigenvalue weighted by Gasteiger charge is 2.34. The Kier molecular flexibility index (Phi) is 8.27. The summed E-state index contributed by atoms with van der Waals surface area (Å²) in [5.74, 6) is 0.630. The fourth-order valence-corrected chi connectivity index (χ4v) is 3.79. The fraction of sp³-hybridized carbons (Fsp3) is 0.360. The van der Waals surface area contributed by atoms with E-state index in [2.05, 4.69) is 51.4 Å². The molecule has 0 spiro atoms. The molecule has 3 N–H and O–H groups in total. The van der Waals surface area contributed by atoms with Crippen LogP contribution in [0.2, 0.25) is 0 Å². The minimum absolute atomic E-state index is 0.0183. The maximum absolute atomic E-state index is 10.5. The molecule has 0 bridgehead atoms. The van der Waals surface area contributed by atoms with Crippen molar-refractivity contribution < 1.29 is 9.52 Å². The topological polar surface area (TPSA) is 110 Å². The first kappa shape index (κ1) is 23.3. The summed E-state index contributed by atoms with van der Waals surface area (Å²) in [6, 6.07) is 8.44. The Morgan fingerprint density at radius 3 is 2.66 bits per heavy atom. The van der Waals surface area contributed by atoms with Gasteiger partial charge in [0.15, 0.2) is 0 Å². The van der Waals surface area contributed by atoms with Crippen LogP contribution in [0.25, 0.3) is 0 Å². The van der Waals surface area contributed by atoms with Crippen LogP contribution in [0.4, 0.5) is 0 Å². The van der Waals surface area contributed by atoms with Crippen molar-refractivity contribution in [3.05, 3.63) is 84.4 Å². The van der Waals surface area contributed by atoms with Gasteiger partial charge in [0.25, 0.3) is 0 Å². The SMILES string of the molecule is CN=C(C=CN)[C@@]1(C)C=CN=CC1/C=C/C(O)CCc1ccc(CCc2nnco2)cc1. The van der Waals surface area contributed by atoms with E-state index in [1.807, 2.05) is 30.5 Å². The van der Waals surface area contributed by atoms with E-state index in [0.717, 1.165) is 25.0 Å². The van der Waals surface area contributed by atoms with E-state index < -0.39 is 6.10 Å². The third-order valence-corrected chi connectivity index (χ3v) is 5.82. The molecule has 168 valence electrons. The van der Waals surface area contributed by atoms with Crippen LogP contribution in [0.3, 0.4) is 0 Å². The number of nitrogens with two attached hydrogens (primary N) is 1. The molecule has 7 nitrogen and oxygen atoms in total. The van der Waals surface area contributed by atoms with Gasteiger partial charge in [0.1, 0.15) is 0 Å². The number of rotatable bonds is 10. The average Bonchev–Trinajstić information content (AvgIpc) is 3.33. The molecule has 0 radical (unpaired) electrons. The predicted octanol–water partition coefficient (Wildman–Crippen LogP) is 3.47. The van der Waals surface area contributed by atoms with Gasteiger partial charge < -0.3 is 15.3 Å². The summed E-state index contributed by atoms with van der Waals surface area (Å²) in [4.78, 5) is 8.67. The second-order valence-corrected chi connectivity index (χ2v) is 8.03. The molecule has 0 saturated carbocycles. The molecule has 0 saturated heterocycles. The smallest absolute Gasteiger partial charge is 0.216 e. The summed E-state index contributed by atoms with van der Waals surface area (Å²) in [7, 11) is 1.76.